The second-order valence-corrected chi connectivity index (χ2v) is 5.92. The zero-order chi connectivity index (χ0) is 16.4. The number of likely N-dealkylation sites (tertiary alicyclic amines) is 1. The van der Waals surface area contributed by atoms with Crippen LogP contribution in [0.5, 0.6) is 0 Å². The number of oxazole rings is 1. The molecule has 6 heteroatoms. The maximum atomic E-state index is 13.3. The molecule has 4 nitrogen and oxygen atoms in total. The molecule has 1 saturated heterocycles. The summed E-state index contributed by atoms with van der Waals surface area (Å²) in [5.41, 5.74) is 1.10. The van der Waals surface area contributed by atoms with Crippen molar-refractivity contribution in [1.29, 1.82) is 0 Å². The van der Waals surface area contributed by atoms with Crippen molar-refractivity contribution in [2.75, 3.05) is 20.2 Å². The Hall–Kier alpha value is -1.79. The third kappa shape index (κ3) is 3.76. The molecule has 1 aliphatic heterocycles. The molecule has 2 aromatic rings. The van der Waals surface area contributed by atoms with Crippen molar-refractivity contribution in [3.05, 3.63) is 41.3 Å². The third-order valence-electron chi connectivity index (χ3n) is 4.17. The summed E-state index contributed by atoms with van der Waals surface area (Å²) < 4.78 is 37.7. The van der Waals surface area contributed by atoms with Gasteiger partial charge >= 0.3 is 0 Å². The quantitative estimate of drug-likeness (QED) is 0.863. The fraction of sp³-hybridized carbons (Fsp3) is 0.471. The van der Waals surface area contributed by atoms with E-state index in [2.05, 4.69) is 9.88 Å². The minimum atomic E-state index is -0.642. The molecule has 1 aliphatic rings. The maximum absolute atomic E-state index is 13.3. The van der Waals surface area contributed by atoms with E-state index in [9.17, 15) is 8.78 Å². The first kappa shape index (κ1) is 16.1. The highest BCUT2D eigenvalue weighted by Gasteiger charge is 2.22. The van der Waals surface area contributed by atoms with Gasteiger partial charge in [-0.1, -0.05) is 0 Å². The van der Waals surface area contributed by atoms with E-state index in [1.165, 1.54) is 12.1 Å². The lowest BCUT2D eigenvalue weighted by Crippen LogP contribution is -2.38. The van der Waals surface area contributed by atoms with Crippen LogP contribution in [0.2, 0.25) is 0 Å². The van der Waals surface area contributed by atoms with Crippen molar-refractivity contribution in [3.63, 3.8) is 0 Å². The largest absolute Gasteiger partial charge is 0.441 e. The maximum Gasteiger partial charge on any atom is 0.226 e. The summed E-state index contributed by atoms with van der Waals surface area (Å²) in [7, 11) is 1.73. The van der Waals surface area contributed by atoms with Crippen LogP contribution in [0.3, 0.4) is 0 Å². The number of methoxy groups -OCH3 is 1. The number of hydrogen-bond donors (Lipinski definition) is 0. The molecule has 3 rings (SSSR count). The van der Waals surface area contributed by atoms with Crippen molar-refractivity contribution in [1.82, 2.24) is 9.88 Å². The molecule has 0 bridgehead atoms. The predicted octanol–water partition coefficient (Wildman–Crippen LogP) is 3.54. The van der Waals surface area contributed by atoms with E-state index in [4.69, 9.17) is 9.15 Å². The number of aryl methyl sites for hydroxylation is 1. The van der Waals surface area contributed by atoms with Gasteiger partial charge in [-0.2, -0.15) is 0 Å². The topological polar surface area (TPSA) is 38.5 Å². The van der Waals surface area contributed by atoms with Gasteiger partial charge in [0.2, 0.25) is 5.89 Å². The van der Waals surface area contributed by atoms with Crippen molar-refractivity contribution in [3.8, 4) is 11.5 Å². The lowest BCUT2D eigenvalue weighted by molar-refractivity contribution is 0.0280. The molecule has 0 saturated carbocycles. The highest BCUT2D eigenvalue weighted by Crippen LogP contribution is 2.25. The average Bonchev–Trinajstić information content (AvgIpc) is 2.88. The number of piperidine rings is 1. The van der Waals surface area contributed by atoms with Crippen LogP contribution >= 0.6 is 0 Å². The molecule has 0 aliphatic carbocycles. The number of nitrogens with zero attached hydrogens (tertiary/aromatic N) is 2. The molecule has 2 heterocycles. The SMILES string of the molecule is CO[C@@H]1CCCN(Cc2nc(-c3cc(F)cc(F)c3)oc2C)C1. The molecule has 1 atom stereocenters. The van der Waals surface area contributed by atoms with Gasteiger partial charge in [0.05, 0.1) is 11.8 Å². The summed E-state index contributed by atoms with van der Waals surface area (Å²) in [6, 6.07) is 3.28. The van der Waals surface area contributed by atoms with Crippen molar-refractivity contribution in [2.24, 2.45) is 0 Å². The normalized spacial score (nSPS) is 19.2. The molecule has 124 valence electrons. The van der Waals surface area contributed by atoms with Gasteiger partial charge in [0.15, 0.2) is 0 Å². The number of benzene rings is 1. The Kier molecular flexibility index (Phi) is 4.73. The van der Waals surface area contributed by atoms with Gasteiger partial charge in [-0.05, 0) is 38.4 Å². The Morgan fingerprint density at radius 1 is 1.30 bits per heavy atom. The molecule has 0 unspecified atom stereocenters. The Balaban J connectivity index is 1.78. The molecule has 23 heavy (non-hydrogen) atoms. The number of rotatable bonds is 4. The Labute approximate surface area is 134 Å². The van der Waals surface area contributed by atoms with Crippen LogP contribution in [0.15, 0.2) is 22.6 Å². The number of aromatic nitrogens is 1. The first-order valence-electron chi connectivity index (χ1n) is 7.73. The zero-order valence-corrected chi connectivity index (χ0v) is 13.3. The van der Waals surface area contributed by atoms with Gasteiger partial charge in [0, 0.05) is 31.8 Å². The molecule has 0 amide bonds. The molecule has 0 spiro atoms. The number of hydrogen-bond acceptors (Lipinski definition) is 4. The van der Waals surface area contributed by atoms with E-state index in [-0.39, 0.29) is 12.0 Å². The van der Waals surface area contributed by atoms with Crippen LogP contribution in [0.25, 0.3) is 11.5 Å². The molecule has 0 radical (unpaired) electrons. The predicted molar refractivity (Wildman–Crippen MR) is 81.9 cm³/mol. The molecule has 0 N–H and O–H groups in total. The van der Waals surface area contributed by atoms with Gasteiger partial charge in [-0.3, -0.25) is 4.90 Å². The summed E-state index contributed by atoms with van der Waals surface area (Å²) in [4.78, 5) is 6.69. The van der Waals surface area contributed by atoms with Gasteiger partial charge in [-0.15, -0.1) is 0 Å². The number of halogens is 2. The summed E-state index contributed by atoms with van der Waals surface area (Å²) in [5, 5.41) is 0. The van der Waals surface area contributed by atoms with Gasteiger partial charge in [0.1, 0.15) is 17.4 Å². The fourth-order valence-corrected chi connectivity index (χ4v) is 2.94. The average molecular weight is 322 g/mol. The van der Waals surface area contributed by atoms with Crippen LogP contribution in [-0.2, 0) is 11.3 Å². The molecule has 1 aromatic carbocycles. The summed E-state index contributed by atoms with van der Waals surface area (Å²) in [6.07, 6.45) is 2.39. The molecular weight excluding hydrogens is 302 g/mol. The summed E-state index contributed by atoms with van der Waals surface area (Å²) in [5.74, 6) is -0.367. The Morgan fingerprint density at radius 3 is 2.74 bits per heavy atom. The van der Waals surface area contributed by atoms with E-state index >= 15 is 0 Å². The van der Waals surface area contributed by atoms with Gasteiger partial charge in [0.25, 0.3) is 0 Å². The summed E-state index contributed by atoms with van der Waals surface area (Å²) in [6.45, 7) is 4.30. The van der Waals surface area contributed by atoms with E-state index < -0.39 is 11.6 Å². The monoisotopic (exact) mass is 322 g/mol. The Bertz CT molecular complexity index is 667. The van der Waals surface area contributed by atoms with Gasteiger partial charge < -0.3 is 9.15 Å². The van der Waals surface area contributed by atoms with E-state index in [0.717, 1.165) is 37.7 Å². The first-order chi connectivity index (χ1) is 11.0. The molecular formula is C17H20F2N2O2. The van der Waals surface area contributed by atoms with Crippen LogP contribution in [0.4, 0.5) is 8.78 Å². The van der Waals surface area contributed by atoms with E-state index in [1.54, 1.807) is 7.11 Å². The Morgan fingerprint density at radius 2 is 2.04 bits per heavy atom. The molecule has 1 aromatic heterocycles. The van der Waals surface area contributed by atoms with Crippen LogP contribution in [-0.4, -0.2) is 36.2 Å². The highest BCUT2D eigenvalue weighted by atomic mass is 19.1. The van der Waals surface area contributed by atoms with E-state index in [0.29, 0.717) is 17.9 Å². The molecule has 1 fully saturated rings. The minimum Gasteiger partial charge on any atom is -0.441 e. The zero-order valence-electron chi connectivity index (χ0n) is 13.3. The third-order valence-corrected chi connectivity index (χ3v) is 4.17. The van der Waals surface area contributed by atoms with E-state index in [1.807, 2.05) is 6.92 Å². The fourth-order valence-electron chi connectivity index (χ4n) is 2.94. The van der Waals surface area contributed by atoms with Crippen LogP contribution in [0.1, 0.15) is 24.3 Å². The first-order valence-corrected chi connectivity index (χ1v) is 7.73. The lowest BCUT2D eigenvalue weighted by Gasteiger charge is -2.31. The minimum absolute atomic E-state index is 0.243. The second-order valence-electron chi connectivity index (χ2n) is 5.92. The highest BCUT2D eigenvalue weighted by molar-refractivity contribution is 5.53. The van der Waals surface area contributed by atoms with Crippen molar-refractivity contribution < 1.29 is 17.9 Å². The van der Waals surface area contributed by atoms with Crippen molar-refractivity contribution in [2.45, 2.75) is 32.4 Å². The van der Waals surface area contributed by atoms with Crippen molar-refractivity contribution >= 4 is 0 Å². The number of ether oxygens (including phenoxy) is 1. The van der Waals surface area contributed by atoms with Crippen LogP contribution < -0.4 is 0 Å². The summed E-state index contributed by atoms with van der Waals surface area (Å²) >= 11 is 0. The second kappa shape index (κ2) is 6.76. The smallest absolute Gasteiger partial charge is 0.226 e. The van der Waals surface area contributed by atoms with Gasteiger partial charge in [-0.25, -0.2) is 13.8 Å². The van der Waals surface area contributed by atoms with Crippen LogP contribution in [0, 0.1) is 18.6 Å². The standard InChI is InChI=1S/C17H20F2N2O2/c1-11-16(10-21-5-3-4-15(9-21)22-2)20-17(23-11)12-6-13(18)8-14(19)7-12/h6-8,15H,3-5,9-10H2,1-2H3/t15-/m1/s1. The lowest BCUT2D eigenvalue weighted by atomic mass is 10.1.